The van der Waals surface area contributed by atoms with E-state index in [0.29, 0.717) is 0 Å². The van der Waals surface area contributed by atoms with Gasteiger partial charge in [-0.3, -0.25) is 0 Å². The average Bonchev–Trinajstić information content (AvgIpc) is 3.21. The molecule has 0 radical (unpaired) electrons. The molecule has 1 aliphatic rings. The highest BCUT2D eigenvalue weighted by atomic mass is 127. The Bertz CT molecular complexity index is 1440. The molecule has 5 aromatic rings. The highest BCUT2D eigenvalue weighted by molar-refractivity contribution is 14.1. The summed E-state index contributed by atoms with van der Waals surface area (Å²) in [6, 6.07) is 29.4. The zero-order chi connectivity index (χ0) is 19.8. The van der Waals surface area contributed by atoms with Crippen molar-refractivity contribution in [2.24, 2.45) is 0 Å². The normalized spacial score (nSPS) is 14.3. The third kappa shape index (κ3) is 2.48. The van der Waals surface area contributed by atoms with Crippen molar-refractivity contribution in [3.63, 3.8) is 0 Å². The van der Waals surface area contributed by atoms with Crippen molar-refractivity contribution in [2.45, 2.75) is 19.3 Å². The zero-order valence-corrected chi connectivity index (χ0v) is 19.3. The Morgan fingerprint density at radius 1 is 0.690 bits per heavy atom. The summed E-state index contributed by atoms with van der Waals surface area (Å²) in [6.45, 7) is 4.72. The molecule has 6 rings (SSSR count). The van der Waals surface area contributed by atoms with Crippen molar-refractivity contribution in [1.29, 1.82) is 0 Å². The maximum atomic E-state index is 2.43. The van der Waals surface area contributed by atoms with E-state index < -0.39 is 0 Å². The monoisotopic (exact) mass is 502 g/mol. The van der Waals surface area contributed by atoms with Crippen LogP contribution < -0.4 is 0 Å². The van der Waals surface area contributed by atoms with Crippen LogP contribution in [0.3, 0.4) is 0 Å². The van der Waals surface area contributed by atoms with E-state index in [1.807, 2.05) is 11.3 Å². The molecule has 0 spiro atoms. The summed E-state index contributed by atoms with van der Waals surface area (Å²) in [5.41, 5.74) is 8.33. The standard InChI is InChI=1S/C27H19IS/c1-27(2)23-14-16(10-12-19(23)20-13-11-17(28)15-24(20)27)18-7-5-8-22-21-6-3-4-9-25(21)29-26(18)22/h3-15H,1-2H3. The van der Waals surface area contributed by atoms with E-state index in [-0.39, 0.29) is 5.41 Å². The lowest BCUT2D eigenvalue weighted by atomic mass is 9.81. The van der Waals surface area contributed by atoms with E-state index >= 15 is 0 Å². The van der Waals surface area contributed by atoms with Gasteiger partial charge in [0.2, 0.25) is 0 Å². The van der Waals surface area contributed by atoms with Crippen molar-refractivity contribution in [1.82, 2.24) is 0 Å². The molecule has 1 aliphatic carbocycles. The fourth-order valence-electron chi connectivity index (χ4n) is 4.85. The molecule has 0 fully saturated rings. The third-order valence-corrected chi connectivity index (χ3v) is 8.24. The summed E-state index contributed by atoms with van der Waals surface area (Å²) in [6.07, 6.45) is 0. The Morgan fingerprint density at radius 2 is 1.41 bits per heavy atom. The van der Waals surface area contributed by atoms with E-state index in [4.69, 9.17) is 0 Å². The molecule has 4 aromatic carbocycles. The van der Waals surface area contributed by atoms with Crippen LogP contribution in [0.5, 0.6) is 0 Å². The second-order valence-electron chi connectivity index (χ2n) is 8.36. The third-order valence-electron chi connectivity index (χ3n) is 6.35. The first-order chi connectivity index (χ1) is 14.0. The molecule has 0 atom stereocenters. The van der Waals surface area contributed by atoms with Gasteiger partial charge in [0.1, 0.15) is 0 Å². The summed E-state index contributed by atoms with van der Waals surface area (Å²) in [7, 11) is 0. The molecule has 0 nitrogen and oxygen atoms in total. The molecule has 140 valence electrons. The molecule has 1 heterocycles. The lowest BCUT2D eigenvalue weighted by Crippen LogP contribution is -2.15. The van der Waals surface area contributed by atoms with Gasteiger partial charge in [-0.1, -0.05) is 68.4 Å². The highest BCUT2D eigenvalue weighted by Crippen LogP contribution is 2.50. The number of halogens is 1. The van der Waals surface area contributed by atoms with Crippen LogP contribution in [-0.4, -0.2) is 0 Å². The van der Waals surface area contributed by atoms with E-state index in [1.54, 1.807) is 0 Å². The predicted molar refractivity (Wildman–Crippen MR) is 135 cm³/mol. The van der Waals surface area contributed by atoms with Gasteiger partial charge in [0, 0.05) is 29.2 Å². The summed E-state index contributed by atoms with van der Waals surface area (Å²) >= 11 is 4.33. The first-order valence-electron chi connectivity index (χ1n) is 9.89. The molecule has 0 N–H and O–H groups in total. The first-order valence-corrected chi connectivity index (χ1v) is 11.8. The van der Waals surface area contributed by atoms with E-state index in [9.17, 15) is 0 Å². The number of hydrogen-bond acceptors (Lipinski definition) is 1. The smallest absolute Gasteiger partial charge is 0.0433 e. The molecule has 0 amide bonds. The van der Waals surface area contributed by atoms with Gasteiger partial charge in [-0.25, -0.2) is 0 Å². The minimum absolute atomic E-state index is 0.0237. The van der Waals surface area contributed by atoms with E-state index in [2.05, 4.69) is 115 Å². The van der Waals surface area contributed by atoms with Gasteiger partial charge in [-0.05, 0) is 80.2 Å². The second kappa shape index (κ2) is 6.16. The predicted octanol–water partition coefficient (Wildman–Crippen LogP) is 8.63. The van der Waals surface area contributed by atoms with E-state index in [0.717, 1.165) is 0 Å². The number of thiophene rings is 1. The maximum Gasteiger partial charge on any atom is 0.0433 e. The second-order valence-corrected chi connectivity index (χ2v) is 10.7. The maximum absolute atomic E-state index is 2.43. The Hall–Kier alpha value is -2.17. The van der Waals surface area contributed by atoms with Crippen LogP contribution in [-0.2, 0) is 5.41 Å². The van der Waals surface area contributed by atoms with E-state index in [1.165, 1.54) is 57.1 Å². The highest BCUT2D eigenvalue weighted by Gasteiger charge is 2.35. The molecule has 0 aliphatic heterocycles. The molecule has 0 saturated carbocycles. The average molecular weight is 502 g/mol. The molecule has 0 unspecified atom stereocenters. The van der Waals surface area contributed by atoms with Crippen LogP contribution in [0.25, 0.3) is 42.4 Å². The number of rotatable bonds is 1. The van der Waals surface area contributed by atoms with Crippen molar-refractivity contribution in [3.8, 4) is 22.3 Å². The largest absolute Gasteiger partial charge is 0.135 e. The molecule has 1 aromatic heterocycles. The van der Waals surface area contributed by atoms with Crippen LogP contribution in [0, 0.1) is 3.57 Å². The quantitative estimate of drug-likeness (QED) is 0.201. The minimum Gasteiger partial charge on any atom is -0.135 e. The Kier molecular flexibility index (Phi) is 3.76. The molecular formula is C27H19IS. The van der Waals surface area contributed by atoms with Gasteiger partial charge in [-0.2, -0.15) is 0 Å². The lowest BCUT2D eigenvalue weighted by Gasteiger charge is -2.22. The lowest BCUT2D eigenvalue weighted by molar-refractivity contribution is 0.660. The van der Waals surface area contributed by atoms with Crippen LogP contribution >= 0.6 is 33.9 Å². The number of hydrogen-bond donors (Lipinski definition) is 0. The summed E-state index contributed by atoms with van der Waals surface area (Å²) in [5, 5.41) is 2.72. The van der Waals surface area contributed by atoms with Crippen molar-refractivity contribution >= 4 is 54.1 Å². The Balaban J connectivity index is 1.60. The molecular weight excluding hydrogens is 483 g/mol. The van der Waals surface area contributed by atoms with Crippen LogP contribution in [0.15, 0.2) is 78.9 Å². The van der Waals surface area contributed by atoms with Gasteiger partial charge in [0.25, 0.3) is 0 Å². The summed E-state index contributed by atoms with van der Waals surface area (Å²) in [4.78, 5) is 0. The fraction of sp³-hybridized carbons (Fsp3) is 0.111. The first kappa shape index (κ1) is 17.7. The van der Waals surface area contributed by atoms with Crippen LogP contribution in [0.2, 0.25) is 0 Å². The van der Waals surface area contributed by atoms with Crippen LogP contribution in [0.1, 0.15) is 25.0 Å². The van der Waals surface area contributed by atoms with Crippen molar-refractivity contribution < 1.29 is 0 Å². The summed E-state index contributed by atoms with van der Waals surface area (Å²) < 4.78 is 4.05. The number of benzene rings is 4. The van der Waals surface area contributed by atoms with Crippen LogP contribution in [0.4, 0.5) is 0 Å². The van der Waals surface area contributed by atoms with Crippen molar-refractivity contribution in [2.75, 3.05) is 0 Å². The minimum atomic E-state index is 0.0237. The zero-order valence-electron chi connectivity index (χ0n) is 16.3. The van der Waals surface area contributed by atoms with Gasteiger partial charge >= 0.3 is 0 Å². The number of fused-ring (bicyclic) bond motifs is 6. The van der Waals surface area contributed by atoms with Gasteiger partial charge in [0.05, 0.1) is 0 Å². The Morgan fingerprint density at radius 3 is 2.28 bits per heavy atom. The summed E-state index contributed by atoms with van der Waals surface area (Å²) in [5.74, 6) is 0. The molecule has 29 heavy (non-hydrogen) atoms. The Labute approximate surface area is 188 Å². The molecule has 0 bridgehead atoms. The SMILES string of the molecule is CC1(C)c2cc(I)ccc2-c2ccc(-c3cccc4c3sc3ccccc34)cc21. The van der Waals surface area contributed by atoms with Gasteiger partial charge in [-0.15, -0.1) is 11.3 Å². The fourth-order valence-corrected chi connectivity index (χ4v) is 6.58. The molecule has 0 saturated heterocycles. The molecule has 2 heteroatoms. The van der Waals surface area contributed by atoms with Gasteiger partial charge < -0.3 is 0 Å². The van der Waals surface area contributed by atoms with Crippen molar-refractivity contribution in [3.05, 3.63) is 93.6 Å². The van der Waals surface area contributed by atoms with Gasteiger partial charge in [0.15, 0.2) is 0 Å². The topological polar surface area (TPSA) is 0 Å².